The minimum atomic E-state index is -4.45. The maximum atomic E-state index is 12.7. The van der Waals surface area contributed by atoms with E-state index in [4.69, 9.17) is 4.74 Å². The molecule has 0 aliphatic heterocycles. The zero-order valence-corrected chi connectivity index (χ0v) is 12.7. The van der Waals surface area contributed by atoms with Crippen LogP contribution in [0.2, 0.25) is 0 Å². The molecule has 0 N–H and O–H groups in total. The maximum absolute atomic E-state index is 12.7. The van der Waals surface area contributed by atoms with Crippen LogP contribution in [0.1, 0.15) is 32.3 Å². The molecule has 0 aliphatic carbocycles. The van der Waals surface area contributed by atoms with E-state index >= 15 is 0 Å². The van der Waals surface area contributed by atoms with Gasteiger partial charge in [0, 0.05) is 19.5 Å². The van der Waals surface area contributed by atoms with E-state index in [-0.39, 0.29) is 11.7 Å². The molecule has 1 aromatic rings. The first-order valence-electron chi connectivity index (χ1n) is 6.89. The average Bonchev–Trinajstić information content (AvgIpc) is 2.49. The fraction of sp³-hybridized carbons (Fsp3) is 0.438. The number of hydrogen-bond acceptors (Lipinski definition) is 2. The molecule has 1 rings (SSSR count). The number of amides is 1. The summed E-state index contributed by atoms with van der Waals surface area (Å²) in [5.74, 6) is 2.37. The molecule has 1 atom stereocenters. The maximum Gasteiger partial charge on any atom is 0.416 e. The van der Waals surface area contributed by atoms with Crippen molar-refractivity contribution >= 4 is 5.91 Å². The van der Waals surface area contributed by atoms with E-state index in [1.165, 1.54) is 24.1 Å². The van der Waals surface area contributed by atoms with Crippen molar-refractivity contribution in [2.45, 2.75) is 39.0 Å². The van der Waals surface area contributed by atoms with E-state index in [9.17, 15) is 18.0 Å². The molecule has 1 aromatic carbocycles. The number of halogens is 3. The van der Waals surface area contributed by atoms with Crippen LogP contribution in [0.4, 0.5) is 13.2 Å². The highest BCUT2D eigenvalue weighted by Gasteiger charge is 2.31. The van der Waals surface area contributed by atoms with Crippen molar-refractivity contribution in [3.63, 3.8) is 0 Å². The summed E-state index contributed by atoms with van der Waals surface area (Å²) in [5, 5.41) is 0. The Labute approximate surface area is 128 Å². The Morgan fingerprint density at radius 2 is 2.05 bits per heavy atom. The van der Waals surface area contributed by atoms with Crippen LogP contribution in [0.5, 0.6) is 5.75 Å². The number of likely N-dealkylation sites (N-methyl/N-ethyl adjacent to an activating group) is 1. The van der Waals surface area contributed by atoms with Crippen LogP contribution in [-0.2, 0) is 11.0 Å². The second kappa shape index (κ2) is 7.74. The van der Waals surface area contributed by atoms with Gasteiger partial charge in [-0.3, -0.25) is 9.69 Å². The highest BCUT2D eigenvalue weighted by molar-refractivity contribution is 5.82. The number of hydrogen-bond donors (Lipinski definition) is 0. The molecule has 0 aromatic heterocycles. The summed E-state index contributed by atoms with van der Waals surface area (Å²) in [6, 6.07) is 7.12. The molecule has 6 heteroatoms. The summed E-state index contributed by atoms with van der Waals surface area (Å²) in [4.78, 5) is 13.3. The first-order chi connectivity index (χ1) is 10.3. The van der Waals surface area contributed by atoms with Crippen LogP contribution in [-0.4, -0.2) is 24.0 Å². The third kappa shape index (κ3) is 4.99. The van der Waals surface area contributed by atoms with Gasteiger partial charge in [-0.15, -0.1) is 0 Å². The SMILES string of the molecule is CCC#CN(C)C(=O)C(CC)Oc1cccc(C(F)(F)F)c1. The largest absolute Gasteiger partial charge is 0.481 e. The van der Waals surface area contributed by atoms with E-state index in [1.807, 2.05) is 6.92 Å². The fourth-order valence-corrected chi connectivity index (χ4v) is 1.69. The van der Waals surface area contributed by atoms with E-state index in [1.54, 1.807) is 6.92 Å². The molecule has 22 heavy (non-hydrogen) atoms. The van der Waals surface area contributed by atoms with Crippen LogP contribution in [0.25, 0.3) is 0 Å². The monoisotopic (exact) mass is 313 g/mol. The van der Waals surface area contributed by atoms with Gasteiger partial charge >= 0.3 is 6.18 Å². The van der Waals surface area contributed by atoms with E-state index < -0.39 is 17.8 Å². The van der Waals surface area contributed by atoms with Crippen molar-refractivity contribution in [2.24, 2.45) is 0 Å². The third-order valence-corrected chi connectivity index (χ3v) is 2.84. The highest BCUT2D eigenvalue weighted by Crippen LogP contribution is 2.31. The Balaban J connectivity index is 2.89. The van der Waals surface area contributed by atoms with Crippen molar-refractivity contribution in [2.75, 3.05) is 7.05 Å². The topological polar surface area (TPSA) is 29.5 Å². The Morgan fingerprint density at radius 3 is 2.59 bits per heavy atom. The molecule has 0 bridgehead atoms. The first-order valence-corrected chi connectivity index (χ1v) is 6.89. The number of carbonyl (C=O) groups excluding carboxylic acids is 1. The van der Waals surface area contributed by atoms with Crippen molar-refractivity contribution in [1.29, 1.82) is 0 Å². The van der Waals surface area contributed by atoms with Gasteiger partial charge in [0.05, 0.1) is 5.56 Å². The van der Waals surface area contributed by atoms with Gasteiger partial charge in [-0.05, 0) is 24.6 Å². The van der Waals surface area contributed by atoms with Gasteiger partial charge in [-0.2, -0.15) is 13.2 Å². The van der Waals surface area contributed by atoms with Gasteiger partial charge in [-0.25, -0.2) is 0 Å². The molecule has 3 nitrogen and oxygen atoms in total. The van der Waals surface area contributed by atoms with Crippen molar-refractivity contribution in [3.05, 3.63) is 29.8 Å². The zero-order valence-electron chi connectivity index (χ0n) is 12.7. The Kier molecular flexibility index (Phi) is 6.29. The summed E-state index contributed by atoms with van der Waals surface area (Å²) in [6.07, 6.45) is -4.40. The van der Waals surface area contributed by atoms with Gasteiger partial charge in [0.2, 0.25) is 0 Å². The number of benzene rings is 1. The lowest BCUT2D eigenvalue weighted by atomic mass is 10.2. The predicted octanol–water partition coefficient (Wildman–Crippen LogP) is 3.69. The lowest BCUT2D eigenvalue weighted by Crippen LogP contribution is -2.37. The number of ether oxygens (including phenoxy) is 1. The van der Waals surface area contributed by atoms with Gasteiger partial charge in [0.15, 0.2) is 6.10 Å². The first kappa shape index (κ1) is 17.9. The van der Waals surface area contributed by atoms with Crippen LogP contribution < -0.4 is 4.74 Å². The third-order valence-electron chi connectivity index (χ3n) is 2.84. The van der Waals surface area contributed by atoms with Crippen molar-refractivity contribution < 1.29 is 22.7 Å². The average molecular weight is 313 g/mol. The van der Waals surface area contributed by atoms with Gasteiger partial charge in [0.1, 0.15) is 5.75 Å². The molecule has 0 saturated heterocycles. The molecule has 0 saturated carbocycles. The molecular formula is C16H18F3NO2. The van der Waals surface area contributed by atoms with Gasteiger partial charge in [0.25, 0.3) is 5.91 Å². The minimum Gasteiger partial charge on any atom is -0.481 e. The fourth-order valence-electron chi connectivity index (χ4n) is 1.69. The van der Waals surface area contributed by atoms with E-state index in [0.717, 1.165) is 12.1 Å². The smallest absolute Gasteiger partial charge is 0.416 e. The van der Waals surface area contributed by atoms with Crippen molar-refractivity contribution in [3.8, 4) is 17.7 Å². The van der Waals surface area contributed by atoms with Crippen LogP contribution in [0.15, 0.2) is 24.3 Å². The molecule has 120 valence electrons. The molecule has 0 heterocycles. The standard InChI is InChI=1S/C16H18F3NO2/c1-4-6-10-20(3)15(21)14(5-2)22-13-9-7-8-12(11-13)16(17,18)19/h7-9,11,14H,4-5H2,1-3H3. The Morgan fingerprint density at radius 1 is 1.36 bits per heavy atom. The molecule has 1 amide bonds. The molecule has 0 radical (unpaired) electrons. The summed E-state index contributed by atoms with van der Waals surface area (Å²) < 4.78 is 43.4. The summed E-state index contributed by atoms with van der Waals surface area (Å²) in [7, 11) is 1.50. The second-order valence-electron chi connectivity index (χ2n) is 4.58. The predicted molar refractivity (Wildman–Crippen MR) is 77.0 cm³/mol. The number of nitrogens with zero attached hydrogens (tertiary/aromatic N) is 1. The zero-order chi connectivity index (χ0) is 16.8. The van der Waals surface area contributed by atoms with Crippen LogP contribution in [0.3, 0.4) is 0 Å². The van der Waals surface area contributed by atoms with Gasteiger partial charge < -0.3 is 4.74 Å². The molecule has 1 unspecified atom stereocenters. The number of alkyl halides is 3. The van der Waals surface area contributed by atoms with E-state index in [0.29, 0.717) is 12.8 Å². The Hall–Kier alpha value is -2.16. The minimum absolute atomic E-state index is 0.00637. The number of rotatable bonds is 4. The lowest BCUT2D eigenvalue weighted by molar-refractivity contribution is -0.137. The molecule has 0 spiro atoms. The van der Waals surface area contributed by atoms with Gasteiger partial charge in [-0.1, -0.05) is 25.8 Å². The lowest BCUT2D eigenvalue weighted by Gasteiger charge is -2.20. The van der Waals surface area contributed by atoms with Crippen LogP contribution in [0, 0.1) is 12.0 Å². The summed E-state index contributed by atoms with van der Waals surface area (Å²) in [6.45, 7) is 3.57. The van der Waals surface area contributed by atoms with Crippen molar-refractivity contribution in [1.82, 2.24) is 4.90 Å². The number of carbonyl (C=O) groups is 1. The second-order valence-corrected chi connectivity index (χ2v) is 4.58. The van der Waals surface area contributed by atoms with E-state index in [2.05, 4.69) is 12.0 Å². The summed E-state index contributed by atoms with van der Waals surface area (Å²) in [5.41, 5.74) is -0.813. The normalized spacial score (nSPS) is 12.1. The Bertz CT molecular complexity index is 573. The highest BCUT2D eigenvalue weighted by atomic mass is 19.4. The summed E-state index contributed by atoms with van der Waals surface area (Å²) >= 11 is 0. The molecule has 0 fully saturated rings. The van der Waals surface area contributed by atoms with Crippen LogP contribution >= 0.6 is 0 Å². The molecule has 0 aliphatic rings. The molecular weight excluding hydrogens is 295 g/mol. The quantitative estimate of drug-likeness (QED) is 0.627.